The first-order valence-electron chi connectivity index (χ1n) is 22.9. The Bertz CT molecular complexity index is 972. The van der Waals surface area contributed by atoms with E-state index in [-0.39, 0.29) is 0 Å². The minimum Gasteiger partial charge on any atom is -0.508 e. The molecule has 0 radical (unpaired) electrons. The highest BCUT2D eigenvalue weighted by Gasteiger charge is 2.01. The number of carbonyl (C=O) groups is 1. The summed E-state index contributed by atoms with van der Waals surface area (Å²) in [5.41, 5.74) is 2.21. The first-order chi connectivity index (χ1) is 26.4. The molecule has 0 heterocycles. The molecule has 4 N–H and O–H groups in total. The number of hydrogen-bond donors (Lipinski definition) is 4. The molecular formula is C49H86O5. The summed E-state index contributed by atoms with van der Waals surface area (Å²) >= 11 is 0. The fraction of sp³-hybridized carbons (Fsp3) is 0.735. The third kappa shape index (κ3) is 37.6. The lowest BCUT2D eigenvalue weighted by Crippen LogP contribution is -1.87. The van der Waals surface area contributed by atoms with Crippen LogP contribution in [-0.4, -0.2) is 26.6 Å². The Kier molecular flexibility index (Phi) is 39.4. The lowest BCUT2D eigenvalue weighted by Gasteiger charge is -2.05. The molecule has 0 amide bonds. The number of phenols is 2. The van der Waals surface area contributed by atoms with E-state index in [1.807, 2.05) is 36.4 Å². The van der Waals surface area contributed by atoms with E-state index < -0.39 is 6.16 Å². The zero-order chi connectivity index (χ0) is 39.6. The molecule has 0 fully saturated rings. The number of para-hydroxylation sites is 2. The van der Waals surface area contributed by atoms with E-state index in [0.717, 1.165) is 24.0 Å². The van der Waals surface area contributed by atoms with Crippen molar-refractivity contribution in [2.24, 2.45) is 0 Å². The molecule has 0 saturated carbocycles. The standard InChI is InChI=1S/2C24H42O.CH2O3/c2*1-2-3-4-5-6-7-8-9-10-11-12-13-14-15-16-17-20-23-21-18-19-22-24(23)25;2-1(3)4/h2*18-19,21-22,25H,2-17,20H2,1H3;(H2,2,3,4). The van der Waals surface area contributed by atoms with Crippen LogP contribution in [0.4, 0.5) is 4.79 Å². The second-order valence-corrected chi connectivity index (χ2v) is 15.6. The molecule has 0 aliphatic heterocycles. The van der Waals surface area contributed by atoms with Crippen LogP contribution in [0.25, 0.3) is 0 Å². The summed E-state index contributed by atoms with van der Waals surface area (Å²) in [6.07, 6.45) is 45.2. The summed E-state index contributed by atoms with van der Waals surface area (Å²) < 4.78 is 0. The first kappa shape index (κ1) is 51.3. The van der Waals surface area contributed by atoms with Crippen LogP contribution in [0.15, 0.2) is 48.5 Å². The third-order valence-corrected chi connectivity index (χ3v) is 10.6. The highest BCUT2D eigenvalue weighted by atomic mass is 16.6. The number of phenolic OH excluding ortho intramolecular Hbond substituents is 2. The van der Waals surface area contributed by atoms with Gasteiger partial charge in [-0.1, -0.05) is 243 Å². The minimum atomic E-state index is -1.83. The predicted octanol–water partition coefficient (Wildman–Crippen LogP) is 16.6. The number of aromatic hydroxyl groups is 2. The fourth-order valence-electron chi connectivity index (χ4n) is 7.17. The van der Waals surface area contributed by atoms with Gasteiger partial charge in [0, 0.05) is 0 Å². The molecule has 2 aromatic rings. The lowest BCUT2D eigenvalue weighted by molar-refractivity contribution is 0.137. The van der Waals surface area contributed by atoms with Crippen molar-refractivity contribution in [1.82, 2.24) is 0 Å². The highest BCUT2D eigenvalue weighted by molar-refractivity contribution is 5.53. The van der Waals surface area contributed by atoms with E-state index >= 15 is 0 Å². The van der Waals surface area contributed by atoms with E-state index in [2.05, 4.69) is 13.8 Å². The molecule has 2 aromatic carbocycles. The average Bonchev–Trinajstić information content (AvgIpc) is 3.16. The van der Waals surface area contributed by atoms with Gasteiger partial charge in [0.2, 0.25) is 0 Å². The van der Waals surface area contributed by atoms with Crippen molar-refractivity contribution in [3.05, 3.63) is 59.7 Å². The molecule has 5 heteroatoms. The molecule has 0 aromatic heterocycles. The SMILES string of the molecule is CCCCCCCCCCCCCCCCCCc1ccccc1O.CCCCCCCCCCCCCCCCCCc1ccccc1O.O=C(O)O. The molecule has 0 bridgehead atoms. The van der Waals surface area contributed by atoms with Crippen molar-refractivity contribution in [3.8, 4) is 11.5 Å². The van der Waals surface area contributed by atoms with Gasteiger partial charge >= 0.3 is 6.16 Å². The number of hydrogen-bond acceptors (Lipinski definition) is 3. The number of unbranched alkanes of at least 4 members (excludes halogenated alkanes) is 30. The zero-order valence-electron chi connectivity index (χ0n) is 35.4. The van der Waals surface area contributed by atoms with E-state index in [0.29, 0.717) is 11.5 Å². The van der Waals surface area contributed by atoms with Gasteiger partial charge in [0.25, 0.3) is 0 Å². The van der Waals surface area contributed by atoms with Gasteiger partial charge in [-0.25, -0.2) is 4.79 Å². The minimum absolute atomic E-state index is 0.462. The Morgan fingerprint density at radius 1 is 0.352 bits per heavy atom. The second-order valence-electron chi connectivity index (χ2n) is 15.6. The van der Waals surface area contributed by atoms with Crippen LogP contribution in [0.3, 0.4) is 0 Å². The van der Waals surface area contributed by atoms with E-state index in [1.165, 1.54) is 205 Å². The molecular weight excluding hydrogens is 669 g/mol. The fourth-order valence-corrected chi connectivity index (χ4v) is 7.17. The maximum atomic E-state index is 9.74. The highest BCUT2D eigenvalue weighted by Crippen LogP contribution is 2.21. The van der Waals surface area contributed by atoms with Crippen LogP contribution >= 0.6 is 0 Å². The van der Waals surface area contributed by atoms with Crippen molar-refractivity contribution in [2.45, 2.75) is 232 Å². The summed E-state index contributed by atoms with van der Waals surface area (Å²) in [7, 11) is 0. The van der Waals surface area contributed by atoms with Crippen LogP contribution in [-0.2, 0) is 12.8 Å². The number of aryl methyl sites for hydroxylation is 2. The summed E-state index contributed by atoms with van der Waals surface area (Å²) in [5, 5.41) is 33.4. The zero-order valence-corrected chi connectivity index (χ0v) is 35.4. The van der Waals surface area contributed by atoms with Crippen molar-refractivity contribution in [1.29, 1.82) is 0 Å². The molecule has 312 valence electrons. The maximum absolute atomic E-state index is 9.74. The van der Waals surface area contributed by atoms with Gasteiger partial charge in [-0.05, 0) is 48.9 Å². The molecule has 0 saturated heterocycles. The van der Waals surface area contributed by atoms with Crippen molar-refractivity contribution < 1.29 is 25.2 Å². The molecule has 0 aliphatic rings. The Morgan fingerprint density at radius 3 is 0.741 bits per heavy atom. The lowest BCUT2D eigenvalue weighted by atomic mass is 10.0. The normalized spacial score (nSPS) is 10.7. The van der Waals surface area contributed by atoms with Crippen LogP contribution in [0, 0.1) is 0 Å². The molecule has 0 spiro atoms. The van der Waals surface area contributed by atoms with E-state index in [4.69, 9.17) is 15.0 Å². The third-order valence-electron chi connectivity index (χ3n) is 10.6. The van der Waals surface area contributed by atoms with Crippen LogP contribution in [0.5, 0.6) is 11.5 Å². The Balaban J connectivity index is 0.000000946. The number of rotatable bonds is 34. The first-order valence-corrected chi connectivity index (χ1v) is 22.9. The molecule has 54 heavy (non-hydrogen) atoms. The van der Waals surface area contributed by atoms with E-state index in [9.17, 15) is 10.2 Å². The second kappa shape index (κ2) is 41.5. The average molecular weight is 755 g/mol. The predicted molar refractivity (Wildman–Crippen MR) is 233 cm³/mol. The quantitative estimate of drug-likeness (QED) is 0.0533. The van der Waals surface area contributed by atoms with Gasteiger partial charge in [-0.3, -0.25) is 0 Å². The van der Waals surface area contributed by atoms with Gasteiger partial charge < -0.3 is 20.4 Å². The van der Waals surface area contributed by atoms with Crippen molar-refractivity contribution >= 4 is 6.16 Å². The molecule has 0 unspecified atom stereocenters. The Labute approximate surface area is 333 Å². The van der Waals surface area contributed by atoms with Crippen molar-refractivity contribution in [3.63, 3.8) is 0 Å². The molecule has 5 nitrogen and oxygen atoms in total. The smallest absolute Gasteiger partial charge is 0.503 e. The summed E-state index contributed by atoms with van der Waals surface area (Å²) in [6.45, 7) is 4.58. The van der Waals surface area contributed by atoms with Crippen molar-refractivity contribution in [2.75, 3.05) is 0 Å². The largest absolute Gasteiger partial charge is 0.508 e. The summed E-state index contributed by atoms with van der Waals surface area (Å²) in [6, 6.07) is 15.5. The van der Waals surface area contributed by atoms with Gasteiger partial charge in [-0.2, -0.15) is 0 Å². The molecule has 0 aliphatic carbocycles. The molecule has 0 atom stereocenters. The van der Waals surface area contributed by atoms with E-state index in [1.54, 1.807) is 12.1 Å². The summed E-state index contributed by atoms with van der Waals surface area (Å²) in [4.78, 5) is 8.56. The number of benzene rings is 2. The monoisotopic (exact) mass is 755 g/mol. The van der Waals surface area contributed by atoms with Crippen LogP contribution in [0.1, 0.15) is 230 Å². The van der Waals surface area contributed by atoms with Gasteiger partial charge in [0.15, 0.2) is 0 Å². The number of carboxylic acid groups (broad SMARTS) is 2. The van der Waals surface area contributed by atoms with Gasteiger partial charge in [0.1, 0.15) is 11.5 Å². The van der Waals surface area contributed by atoms with Gasteiger partial charge in [0.05, 0.1) is 0 Å². The van der Waals surface area contributed by atoms with Crippen LogP contribution in [0.2, 0.25) is 0 Å². The summed E-state index contributed by atoms with van der Waals surface area (Å²) in [5.74, 6) is 0.923. The van der Waals surface area contributed by atoms with Gasteiger partial charge in [-0.15, -0.1) is 0 Å². The Morgan fingerprint density at radius 2 is 0.537 bits per heavy atom. The van der Waals surface area contributed by atoms with Crippen LogP contribution < -0.4 is 0 Å². The Hall–Kier alpha value is -2.69. The topological polar surface area (TPSA) is 98.0 Å². The molecule has 2 rings (SSSR count). The maximum Gasteiger partial charge on any atom is 0.503 e.